The second-order valence-corrected chi connectivity index (χ2v) is 5.39. The zero-order chi connectivity index (χ0) is 15.1. The summed E-state index contributed by atoms with van der Waals surface area (Å²) in [5.74, 6) is -0.825. The number of carboxylic acids is 1. The van der Waals surface area contributed by atoms with Gasteiger partial charge in [-0.3, -0.25) is 9.69 Å². The number of carboxylic acid groups (broad SMARTS) is 1. The van der Waals surface area contributed by atoms with Crippen LogP contribution in [0.15, 0.2) is 0 Å². The number of hydrogen-bond donors (Lipinski definition) is 2. The van der Waals surface area contributed by atoms with Gasteiger partial charge in [0.2, 0.25) is 0 Å². The van der Waals surface area contributed by atoms with Gasteiger partial charge >= 0.3 is 12.0 Å². The second-order valence-electron chi connectivity index (χ2n) is 5.39. The molecule has 2 N–H and O–H groups in total. The Hall–Kier alpha value is -1.30. The van der Waals surface area contributed by atoms with E-state index in [0.29, 0.717) is 12.5 Å². The van der Waals surface area contributed by atoms with Crippen molar-refractivity contribution in [2.75, 3.05) is 26.2 Å². The van der Waals surface area contributed by atoms with Crippen LogP contribution in [0, 0.1) is 0 Å². The topological polar surface area (TPSA) is 72.9 Å². The molecule has 0 spiro atoms. The maximum atomic E-state index is 12.1. The zero-order valence-electron chi connectivity index (χ0n) is 12.8. The number of likely N-dealkylation sites (N-methyl/N-ethyl adjacent to an activating group) is 1. The molecule has 0 aromatic rings. The van der Waals surface area contributed by atoms with Crippen molar-refractivity contribution in [1.82, 2.24) is 15.1 Å². The molecule has 0 radical (unpaired) electrons. The molecule has 6 heteroatoms. The van der Waals surface area contributed by atoms with Crippen molar-refractivity contribution < 1.29 is 14.7 Å². The van der Waals surface area contributed by atoms with E-state index in [1.807, 2.05) is 11.8 Å². The molecule has 1 fully saturated rings. The SMILES string of the molecule is CCN(CC)C1CCN(C(=O)NC(C)CCC(=O)O)C1. The minimum Gasteiger partial charge on any atom is -0.481 e. The number of likely N-dealkylation sites (tertiary alicyclic amines) is 1. The van der Waals surface area contributed by atoms with Crippen molar-refractivity contribution in [2.24, 2.45) is 0 Å². The summed E-state index contributed by atoms with van der Waals surface area (Å²) in [6.45, 7) is 9.67. The lowest BCUT2D eigenvalue weighted by Gasteiger charge is -2.26. The number of nitrogens with one attached hydrogen (secondary N) is 1. The van der Waals surface area contributed by atoms with E-state index in [1.54, 1.807) is 0 Å². The van der Waals surface area contributed by atoms with Gasteiger partial charge in [0, 0.05) is 31.6 Å². The van der Waals surface area contributed by atoms with Crippen LogP contribution >= 0.6 is 0 Å². The van der Waals surface area contributed by atoms with Crippen LogP contribution in [-0.2, 0) is 4.79 Å². The van der Waals surface area contributed by atoms with Crippen LogP contribution in [-0.4, -0.2) is 65.2 Å². The molecule has 0 aromatic heterocycles. The monoisotopic (exact) mass is 285 g/mol. The molecule has 1 aliphatic heterocycles. The smallest absolute Gasteiger partial charge is 0.317 e. The van der Waals surface area contributed by atoms with Crippen molar-refractivity contribution >= 4 is 12.0 Å². The first-order chi connectivity index (χ1) is 9.47. The lowest BCUT2D eigenvalue weighted by atomic mass is 10.2. The lowest BCUT2D eigenvalue weighted by Crippen LogP contribution is -2.45. The summed E-state index contributed by atoms with van der Waals surface area (Å²) < 4.78 is 0. The Morgan fingerprint density at radius 1 is 1.40 bits per heavy atom. The van der Waals surface area contributed by atoms with E-state index in [2.05, 4.69) is 24.1 Å². The quantitative estimate of drug-likeness (QED) is 0.741. The highest BCUT2D eigenvalue weighted by molar-refractivity contribution is 5.75. The first kappa shape index (κ1) is 16.8. The van der Waals surface area contributed by atoms with Crippen molar-refractivity contribution in [2.45, 2.75) is 52.1 Å². The average molecular weight is 285 g/mol. The van der Waals surface area contributed by atoms with Gasteiger partial charge in [-0.15, -0.1) is 0 Å². The van der Waals surface area contributed by atoms with Gasteiger partial charge in [0.1, 0.15) is 0 Å². The van der Waals surface area contributed by atoms with Gasteiger partial charge in [0.05, 0.1) is 0 Å². The summed E-state index contributed by atoms with van der Waals surface area (Å²) in [6, 6.07) is 0.272. The summed E-state index contributed by atoms with van der Waals surface area (Å²) in [5.41, 5.74) is 0. The Labute approximate surface area is 121 Å². The molecule has 20 heavy (non-hydrogen) atoms. The van der Waals surface area contributed by atoms with Crippen LogP contribution in [0.25, 0.3) is 0 Å². The van der Waals surface area contributed by atoms with Crippen molar-refractivity contribution in [1.29, 1.82) is 0 Å². The Bertz CT molecular complexity index is 332. The Kier molecular flexibility index (Phi) is 6.78. The van der Waals surface area contributed by atoms with Crippen molar-refractivity contribution in [3.8, 4) is 0 Å². The zero-order valence-corrected chi connectivity index (χ0v) is 12.8. The number of carbonyl (C=O) groups is 2. The van der Waals surface area contributed by atoms with E-state index in [1.165, 1.54) is 0 Å². The number of urea groups is 1. The minimum atomic E-state index is -0.825. The summed E-state index contributed by atoms with van der Waals surface area (Å²) in [5, 5.41) is 11.5. The van der Waals surface area contributed by atoms with E-state index in [4.69, 9.17) is 5.11 Å². The third-order valence-electron chi connectivity index (χ3n) is 3.94. The third-order valence-corrected chi connectivity index (χ3v) is 3.94. The predicted molar refractivity (Wildman–Crippen MR) is 77.8 cm³/mol. The van der Waals surface area contributed by atoms with Gasteiger partial charge in [-0.2, -0.15) is 0 Å². The Morgan fingerprint density at radius 2 is 2.05 bits per heavy atom. The molecular weight excluding hydrogens is 258 g/mol. The van der Waals surface area contributed by atoms with Gasteiger partial charge in [-0.05, 0) is 32.9 Å². The van der Waals surface area contributed by atoms with Crippen LogP contribution in [0.3, 0.4) is 0 Å². The predicted octanol–water partition coefficient (Wildman–Crippen LogP) is 1.37. The van der Waals surface area contributed by atoms with Crippen LogP contribution in [0.1, 0.15) is 40.0 Å². The summed E-state index contributed by atoms with van der Waals surface area (Å²) in [6.07, 6.45) is 1.57. The van der Waals surface area contributed by atoms with Crippen LogP contribution in [0.4, 0.5) is 4.79 Å². The molecule has 0 aromatic carbocycles. The third kappa shape index (κ3) is 5.00. The number of hydrogen-bond acceptors (Lipinski definition) is 3. The molecule has 0 aliphatic carbocycles. The number of nitrogens with zero attached hydrogens (tertiary/aromatic N) is 2. The maximum absolute atomic E-state index is 12.1. The number of carbonyl (C=O) groups excluding carboxylic acids is 1. The fraction of sp³-hybridized carbons (Fsp3) is 0.857. The number of amides is 2. The first-order valence-corrected chi connectivity index (χ1v) is 7.49. The highest BCUT2D eigenvalue weighted by Crippen LogP contribution is 2.15. The summed E-state index contributed by atoms with van der Waals surface area (Å²) in [4.78, 5) is 26.8. The average Bonchev–Trinajstić information content (AvgIpc) is 2.87. The molecule has 6 nitrogen and oxygen atoms in total. The summed E-state index contributed by atoms with van der Waals surface area (Å²) in [7, 11) is 0. The molecule has 2 unspecified atom stereocenters. The van der Waals surface area contributed by atoms with Crippen molar-refractivity contribution in [3.05, 3.63) is 0 Å². The normalized spacial score (nSPS) is 20.2. The molecule has 1 heterocycles. The fourth-order valence-electron chi connectivity index (χ4n) is 2.68. The lowest BCUT2D eigenvalue weighted by molar-refractivity contribution is -0.137. The van der Waals surface area contributed by atoms with Gasteiger partial charge in [0.15, 0.2) is 0 Å². The van der Waals surface area contributed by atoms with E-state index in [-0.39, 0.29) is 18.5 Å². The number of aliphatic carboxylic acids is 1. The fourth-order valence-corrected chi connectivity index (χ4v) is 2.68. The Balaban J connectivity index is 2.36. The van der Waals surface area contributed by atoms with E-state index < -0.39 is 5.97 Å². The van der Waals surface area contributed by atoms with E-state index in [9.17, 15) is 9.59 Å². The molecule has 2 amide bonds. The number of rotatable bonds is 7. The minimum absolute atomic E-state index is 0.0717. The van der Waals surface area contributed by atoms with E-state index in [0.717, 1.165) is 32.6 Å². The summed E-state index contributed by atoms with van der Waals surface area (Å²) >= 11 is 0. The molecule has 0 bridgehead atoms. The molecule has 1 saturated heterocycles. The van der Waals surface area contributed by atoms with Gasteiger partial charge in [0.25, 0.3) is 0 Å². The standard InChI is InChI=1S/C14H27N3O3/c1-4-16(5-2)12-8-9-17(10-12)14(20)15-11(3)6-7-13(18)19/h11-12H,4-10H2,1-3H3,(H,15,20)(H,18,19). The molecule has 1 aliphatic rings. The van der Waals surface area contributed by atoms with Crippen LogP contribution in [0.5, 0.6) is 0 Å². The molecule has 116 valence electrons. The van der Waals surface area contributed by atoms with Gasteiger partial charge in [-0.1, -0.05) is 13.8 Å². The van der Waals surface area contributed by atoms with Gasteiger partial charge in [-0.25, -0.2) is 4.79 Å². The Morgan fingerprint density at radius 3 is 2.60 bits per heavy atom. The molecular formula is C14H27N3O3. The second kappa shape index (κ2) is 8.09. The molecule has 2 atom stereocenters. The molecule has 0 saturated carbocycles. The largest absolute Gasteiger partial charge is 0.481 e. The van der Waals surface area contributed by atoms with Crippen LogP contribution in [0.2, 0.25) is 0 Å². The van der Waals surface area contributed by atoms with E-state index >= 15 is 0 Å². The molecule has 1 rings (SSSR count). The maximum Gasteiger partial charge on any atom is 0.317 e. The highest BCUT2D eigenvalue weighted by Gasteiger charge is 2.29. The first-order valence-electron chi connectivity index (χ1n) is 7.49. The van der Waals surface area contributed by atoms with Gasteiger partial charge < -0.3 is 15.3 Å². The van der Waals surface area contributed by atoms with Crippen molar-refractivity contribution in [3.63, 3.8) is 0 Å². The highest BCUT2D eigenvalue weighted by atomic mass is 16.4. The van der Waals surface area contributed by atoms with Crippen LogP contribution < -0.4 is 5.32 Å².